The number of nitrogens with one attached hydrogen (secondary N) is 1. The standard InChI is InChI=1S/C22H25ClN4O3S/c1-13-8-14(2)10-17(9-13)30-15(3)21-25-26-22(27(21)4)31-12-20(28)24-18-11-16(23)6-7-19(18)29-5/h6-11,15H,12H2,1-5H3,(H,24,28). The normalized spacial score (nSPS) is 11.8. The van der Waals surface area contributed by atoms with Crippen LogP contribution in [0.25, 0.3) is 0 Å². The molecular weight excluding hydrogens is 436 g/mol. The molecule has 0 spiro atoms. The van der Waals surface area contributed by atoms with Crippen LogP contribution in [0.1, 0.15) is 30.0 Å². The van der Waals surface area contributed by atoms with E-state index in [0.717, 1.165) is 16.9 Å². The molecule has 0 bridgehead atoms. The van der Waals surface area contributed by atoms with Crippen molar-refractivity contribution in [3.8, 4) is 11.5 Å². The van der Waals surface area contributed by atoms with Gasteiger partial charge in [-0.05, 0) is 62.2 Å². The van der Waals surface area contributed by atoms with E-state index < -0.39 is 0 Å². The van der Waals surface area contributed by atoms with Crippen LogP contribution in [0, 0.1) is 13.8 Å². The molecule has 0 aliphatic rings. The number of ether oxygens (including phenoxy) is 2. The minimum Gasteiger partial charge on any atom is -0.495 e. The zero-order valence-corrected chi connectivity index (χ0v) is 19.7. The lowest BCUT2D eigenvalue weighted by Gasteiger charge is -2.15. The first-order valence-corrected chi connectivity index (χ1v) is 11.0. The molecule has 0 fully saturated rings. The molecule has 1 N–H and O–H groups in total. The van der Waals surface area contributed by atoms with Gasteiger partial charge in [0.15, 0.2) is 17.1 Å². The van der Waals surface area contributed by atoms with Gasteiger partial charge in [0.05, 0.1) is 18.6 Å². The fourth-order valence-corrected chi connectivity index (χ4v) is 4.05. The van der Waals surface area contributed by atoms with Crippen LogP contribution in [0.4, 0.5) is 5.69 Å². The molecule has 1 heterocycles. The monoisotopic (exact) mass is 460 g/mol. The predicted octanol–water partition coefficient (Wildman–Crippen LogP) is 4.96. The first-order chi connectivity index (χ1) is 14.8. The van der Waals surface area contributed by atoms with Gasteiger partial charge < -0.3 is 19.4 Å². The largest absolute Gasteiger partial charge is 0.495 e. The molecule has 0 saturated carbocycles. The van der Waals surface area contributed by atoms with E-state index in [4.69, 9.17) is 21.1 Å². The molecule has 0 aliphatic heterocycles. The van der Waals surface area contributed by atoms with Gasteiger partial charge in [0, 0.05) is 12.1 Å². The molecule has 1 aromatic heterocycles. The van der Waals surface area contributed by atoms with Crippen molar-refractivity contribution in [3.05, 3.63) is 58.4 Å². The third kappa shape index (κ3) is 5.92. The Balaban J connectivity index is 1.62. The van der Waals surface area contributed by atoms with E-state index in [0.29, 0.717) is 27.4 Å². The third-order valence-electron chi connectivity index (χ3n) is 4.51. The van der Waals surface area contributed by atoms with Gasteiger partial charge in [-0.3, -0.25) is 4.79 Å². The van der Waals surface area contributed by atoms with Crippen LogP contribution in [-0.2, 0) is 11.8 Å². The Bertz CT molecular complexity index is 1070. The van der Waals surface area contributed by atoms with Crippen molar-refractivity contribution in [2.75, 3.05) is 18.2 Å². The zero-order valence-electron chi connectivity index (χ0n) is 18.1. The molecule has 31 heavy (non-hydrogen) atoms. The van der Waals surface area contributed by atoms with Crippen LogP contribution in [0.5, 0.6) is 11.5 Å². The number of aromatic nitrogens is 3. The molecule has 0 aliphatic carbocycles. The summed E-state index contributed by atoms with van der Waals surface area (Å²) in [6, 6.07) is 11.1. The van der Waals surface area contributed by atoms with Crippen molar-refractivity contribution in [2.45, 2.75) is 32.0 Å². The highest BCUT2D eigenvalue weighted by Gasteiger charge is 2.18. The Labute approximate surface area is 191 Å². The number of rotatable bonds is 8. The maximum atomic E-state index is 12.4. The predicted molar refractivity (Wildman–Crippen MR) is 123 cm³/mol. The smallest absolute Gasteiger partial charge is 0.234 e. The second-order valence-corrected chi connectivity index (χ2v) is 8.54. The molecule has 3 aromatic rings. The van der Waals surface area contributed by atoms with E-state index in [9.17, 15) is 4.79 Å². The van der Waals surface area contributed by atoms with Crippen molar-refractivity contribution < 1.29 is 14.3 Å². The average Bonchev–Trinajstić information content (AvgIpc) is 3.06. The van der Waals surface area contributed by atoms with Gasteiger partial charge >= 0.3 is 0 Å². The molecular formula is C22H25ClN4O3S. The van der Waals surface area contributed by atoms with Gasteiger partial charge in [0.2, 0.25) is 5.91 Å². The molecule has 1 unspecified atom stereocenters. The minimum absolute atomic E-state index is 0.161. The first-order valence-electron chi connectivity index (χ1n) is 9.67. The summed E-state index contributed by atoms with van der Waals surface area (Å²) in [5.74, 6) is 1.97. The molecule has 1 atom stereocenters. The summed E-state index contributed by atoms with van der Waals surface area (Å²) < 4.78 is 13.2. The molecule has 0 saturated heterocycles. The van der Waals surface area contributed by atoms with E-state index in [1.165, 1.54) is 18.9 Å². The van der Waals surface area contributed by atoms with Crippen LogP contribution in [-0.4, -0.2) is 33.5 Å². The average molecular weight is 461 g/mol. The topological polar surface area (TPSA) is 78.3 Å². The zero-order chi connectivity index (χ0) is 22.5. The summed E-state index contributed by atoms with van der Waals surface area (Å²) in [6.07, 6.45) is -0.294. The number of nitrogens with zero attached hydrogens (tertiary/aromatic N) is 3. The van der Waals surface area contributed by atoms with E-state index in [1.807, 2.05) is 44.5 Å². The van der Waals surface area contributed by atoms with Crippen LogP contribution < -0.4 is 14.8 Å². The Morgan fingerprint density at radius 3 is 2.58 bits per heavy atom. The lowest BCUT2D eigenvalue weighted by molar-refractivity contribution is -0.113. The summed E-state index contributed by atoms with van der Waals surface area (Å²) in [4.78, 5) is 12.4. The molecule has 9 heteroatoms. The summed E-state index contributed by atoms with van der Waals surface area (Å²) in [6.45, 7) is 5.99. The molecule has 2 aromatic carbocycles. The van der Waals surface area contributed by atoms with Gasteiger partial charge in [-0.25, -0.2) is 0 Å². The number of methoxy groups -OCH3 is 1. The van der Waals surface area contributed by atoms with Crippen LogP contribution >= 0.6 is 23.4 Å². The van der Waals surface area contributed by atoms with E-state index in [1.54, 1.807) is 18.2 Å². The lowest BCUT2D eigenvalue weighted by atomic mass is 10.1. The number of carbonyl (C=O) groups excluding carboxylic acids is 1. The number of hydrogen-bond donors (Lipinski definition) is 1. The van der Waals surface area contributed by atoms with Crippen molar-refractivity contribution >= 4 is 35.0 Å². The maximum Gasteiger partial charge on any atom is 0.234 e. The van der Waals surface area contributed by atoms with Crippen molar-refractivity contribution in [3.63, 3.8) is 0 Å². The fraction of sp³-hybridized carbons (Fsp3) is 0.318. The van der Waals surface area contributed by atoms with E-state index in [2.05, 4.69) is 21.6 Å². The summed E-state index contributed by atoms with van der Waals surface area (Å²) >= 11 is 7.30. The van der Waals surface area contributed by atoms with Gasteiger partial charge in [-0.1, -0.05) is 29.4 Å². The van der Waals surface area contributed by atoms with Crippen molar-refractivity contribution in [1.82, 2.24) is 14.8 Å². The number of carbonyl (C=O) groups is 1. The number of aryl methyl sites for hydroxylation is 2. The highest BCUT2D eigenvalue weighted by Crippen LogP contribution is 2.29. The van der Waals surface area contributed by atoms with Gasteiger partial charge in [0.25, 0.3) is 0 Å². The Hall–Kier alpha value is -2.71. The molecule has 7 nitrogen and oxygen atoms in total. The minimum atomic E-state index is -0.294. The van der Waals surface area contributed by atoms with Gasteiger partial charge in [-0.15, -0.1) is 10.2 Å². The van der Waals surface area contributed by atoms with Gasteiger partial charge in [-0.2, -0.15) is 0 Å². The van der Waals surface area contributed by atoms with E-state index >= 15 is 0 Å². The van der Waals surface area contributed by atoms with E-state index in [-0.39, 0.29) is 17.8 Å². The lowest BCUT2D eigenvalue weighted by Crippen LogP contribution is -2.15. The SMILES string of the molecule is COc1ccc(Cl)cc1NC(=O)CSc1nnc(C(C)Oc2cc(C)cc(C)c2)n1C. The van der Waals surface area contributed by atoms with Crippen molar-refractivity contribution in [2.24, 2.45) is 7.05 Å². The third-order valence-corrected chi connectivity index (χ3v) is 5.76. The van der Waals surface area contributed by atoms with Crippen LogP contribution in [0.2, 0.25) is 5.02 Å². The quantitative estimate of drug-likeness (QED) is 0.478. The summed E-state index contributed by atoms with van der Waals surface area (Å²) in [5.41, 5.74) is 2.80. The molecule has 1 amide bonds. The fourth-order valence-electron chi connectivity index (χ4n) is 3.16. The van der Waals surface area contributed by atoms with Crippen LogP contribution in [0.3, 0.4) is 0 Å². The van der Waals surface area contributed by atoms with Crippen molar-refractivity contribution in [1.29, 1.82) is 0 Å². The van der Waals surface area contributed by atoms with Gasteiger partial charge in [0.1, 0.15) is 11.5 Å². The number of hydrogen-bond acceptors (Lipinski definition) is 6. The Kier molecular flexibility index (Phi) is 7.46. The summed E-state index contributed by atoms with van der Waals surface area (Å²) in [5, 5.41) is 12.4. The highest BCUT2D eigenvalue weighted by atomic mass is 35.5. The number of halogens is 1. The number of amides is 1. The molecule has 164 valence electrons. The maximum absolute atomic E-state index is 12.4. The molecule has 3 rings (SSSR count). The Morgan fingerprint density at radius 2 is 1.90 bits per heavy atom. The number of thioether (sulfide) groups is 1. The summed E-state index contributed by atoms with van der Waals surface area (Å²) in [7, 11) is 3.40. The second-order valence-electron chi connectivity index (χ2n) is 7.16. The first kappa shape index (κ1) is 23.0. The number of benzene rings is 2. The van der Waals surface area contributed by atoms with Crippen LogP contribution in [0.15, 0.2) is 41.6 Å². The molecule has 0 radical (unpaired) electrons. The Morgan fingerprint density at radius 1 is 1.19 bits per heavy atom. The highest BCUT2D eigenvalue weighted by molar-refractivity contribution is 7.99. The second kappa shape index (κ2) is 10.1. The number of anilines is 1.